The molecule has 2 N–H and O–H groups in total. The number of likely N-dealkylation sites (tertiary alicyclic amines) is 1. The highest BCUT2D eigenvalue weighted by Gasteiger charge is 2.24. The first kappa shape index (κ1) is 18.2. The minimum absolute atomic E-state index is 0.173. The summed E-state index contributed by atoms with van der Waals surface area (Å²) in [7, 11) is 0. The molecule has 2 fully saturated rings. The second-order valence-electron chi connectivity index (χ2n) is 6.48. The van der Waals surface area contributed by atoms with E-state index in [2.05, 4.69) is 15.5 Å². The molecule has 3 rings (SSSR count). The Morgan fingerprint density at radius 2 is 1.88 bits per heavy atom. The average molecular weight is 360 g/mol. The fourth-order valence-electron chi connectivity index (χ4n) is 3.24. The summed E-state index contributed by atoms with van der Waals surface area (Å²) in [6, 6.07) is 7.01. The van der Waals surface area contributed by atoms with E-state index in [1.54, 1.807) is 4.90 Å². The van der Waals surface area contributed by atoms with E-state index in [1.165, 1.54) is 0 Å². The average Bonchev–Trinajstić information content (AvgIpc) is 2.64. The Hall–Kier alpha value is -2.61. The number of nitrogens with one attached hydrogen (secondary N) is 2. The molecule has 8 heteroatoms. The molecule has 2 heterocycles. The summed E-state index contributed by atoms with van der Waals surface area (Å²) in [5.74, 6) is 0.544. The van der Waals surface area contributed by atoms with Crippen LogP contribution in [0.4, 0.5) is 10.5 Å². The summed E-state index contributed by atoms with van der Waals surface area (Å²) in [6.45, 7) is 3.82. The summed E-state index contributed by atoms with van der Waals surface area (Å²) >= 11 is 0. The first-order chi connectivity index (χ1) is 12.7. The summed E-state index contributed by atoms with van der Waals surface area (Å²) in [6.07, 6.45) is 3.10. The predicted octanol–water partition coefficient (Wildman–Crippen LogP) is 0.722. The predicted molar refractivity (Wildman–Crippen MR) is 96.1 cm³/mol. The number of carbonyl (C=O) groups is 3. The Morgan fingerprint density at radius 1 is 1.15 bits per heavy atom. The van der Waals surface area contributed by atoms with Gasteiger partial charge in [0.1, 0.15) is 11.9 Å². The van der Waals surface area contributed by atoms with Crippen molar-refractivity contribution in [2.75, 3.05) is 37.6 Å². The molecule has 0 spiro atoms. The van der Waals surface area contributed by atoms with Crippen LogP contribution in [-0.2, 0) is 9.59 Å². The van der Waals surface area contributed by atoms with Gasteiger partial charge in [0.25, 0.3) is 0 Å². The normalized spacial score (nSPS) is 19.2. The van der Waals surface area contributed by atoms with Gasteiger partial charge >= 0.3 is 6.03 Å². The second-order valence-corrected chi connectivity index (χ2v) is 6.48. The van der Waals surface area contributed by atoms with Gasteiger partial charge in [0.2, 0.25) is 12.3 Å². The van der Waals surface area contributed by atoms with Crippen LogP contribution in [0.3, 0.4) is 0 Å². The van der Waals surface area contributed by atoms with E-state index in [4.69, 9.17) is 4.74 Å². The van der Waals surface area contributed by atoms with Crippen molar-refractivity contribution < 1.29 is 19.1 Å². The van der Waals surface area contributed by atoms with Gasteiger partial charge in [0, 0.05) is 44.8 Å². The Labute approximate surface area is 152 Å². The van der Waals surface area contributed by atoms with E-state index in [-0.39, 0.29) is 18.0 Å². The largest absolute Gasteiger partial charge is 0.490 e. The first-order valence-corrected chi connectivity index (χ1v) is 8.93. The van der Waals surface area contributed by atoms with Crippen LogP contribution < -0.4 is 20.3 Å². The Morgan fingerprint density at radius 3 is 2.54 bits per heavy atom. The van der Waals surface area contributed by atoms with Gasteiger partial charge in [-0.1, -0.05) is 0 Å². The van der Waals surface area contributed by atoms with Gasteiger partial charge in [-0.3, -0.25) is 19.8 Å². The smallest absolute Gasteiger partial charge is 0.328 e. The number of rotatable bonds is 7. The van der Waals surface area contributed by atoms with Crippen LogP contribution in [-0.4, -0.2) is 62.1 Å². The first-order valence-electron chi connectivity index (χ1n) is 8.93. The van der Waals surface area contributed by atoms with Crippen molar-refractivity contribution in [3.05, 3.63) is 24.3 Å². The zero-order chi connectivity index (χ0) is 18.4. The molecular weight excluding hydrogens is 336 g/mol. The molecule has 4 amide bonds. The monoisotopic (exact) mass is 360 g/mol. The fourth-order valence-corrected chi connectivity index (χ4v) is 3.24. The molecular formula is C18H24N4O4. The number of carbonyl (C=O) groups excluding carboxylic acids is 3. The van der Waals surface area contributed by atoms with Crippen molar-refractivity contribution in [2.45, 2.75) is 25.4 Å². The number of benzene rings is 1. The lowest BCUT2D eigenvalue weighted by molar-refractivity contribution is -0.120. The Bertz CT molecular complexity index is 641. The Balaban J connectivity index is 1.47. The molecule has 0 bridgehead atoms. The van der Waals surface area contributed by atoms with Crippen LogP contribution >= 0.6 is 0 Å². The molecule has 2 aliphatic rings. The summed E-state index contributed by atoms with van der Waals surface area (Å²) in [5.41, 5.74) is 0.750. The lowest BCUT2D eigenvalue weighted by atomic mass is 10.1. The molecule has 140 valence electrons. The molecule has 0 atom stereocenters. The molecule has 0 aliphatic carbocycles. The number of piperidine rings is 1. The van der Waals surface area contributed by atoms with E-state index in [0.29, 0.717) is 19.5 Å². The number of nitrogens with zero attached hydrogens (tertiary/aromatic N) is 2. The number of hydrogen-bond donors (Lipinski definition) is 2. The summed E-state index contributed by atoms with van der Waals surface area (Å²) in [4.78, 5) is 37.2. The second kappa shape index (κ2) is 8.66. The van der Waals surface area contributed by atoms with Crippen LogP contribution in [0, 0.1) is 0 Å². The number of anilines is 1. The van der Waals surface area contributed by atoms with Gasteiger partial charge in [-0.2, -0.15) is 0 Å². The third-order valence-electron chi connectivity index (χ3n) is 4.70. The van der Waals surface area contributed by atoms with Gasteiger partial charge in [-0.05, 0) is 37.1 Å². The number of hydrogen-bond acceptors (Lipinski definition) is 5. The molecule has 0 saturated carbocycles. The Kier molecular flexibility index (Phi) is 6.06. The topological polar surface area (TPSA) is 91.0 Å². The number of urea groups is 1. The van der Waals surface area contributed by atoms with E-state index in [9.17, 15) is 14.4 Å². The molecule has 1 aromatic rings. The van der Waals surface area contributed by atoms with Gasteiger partial charge in [-0.25, -0.2) is 4.79 Å². The molecule has 0 unspecified atom stereocenters. The third kappa shape index (κ3) is 4.72. The quantitative estimate of drug-likeness (QED) is 0.552. The number of imide groups is 1. The van der Waals surface area contributed by atoms with E-state index >= 15 is 0 Å². The standard InChI is InChI=1S/C18H24N4O4/c23-13-19-8-12-21-9-5-16(6-10-21)26-15-3-1-14(2-4-15)22-11-7-17(24)20-18(22)25/h1-4,13,16H,5-12H2,(H,19,23)(H,20,24,25). The van der Waals surface area contributed by atoms with Crippen molar-refractivity contribution >= 4 is 24.0 Å². The van der Waals surface area contributed by atoms with Crippen LogP contribution in [0.15, 0.2) is 24.3 Å². The summed E-state index contributed by atoms with van der Waals surface area (Å²) < 4.78 is 6.04. The highest BCUT2D eigenvalue weighted by Crippen LogP contribution is 2.24. The number of amides is 4. The van der Waals surface area contributed by atoms with Crippen LogP contribution in [0.25, 0.3) is 0 Å². The van der Waals surface area contributed by atoms with Crippen molar-refractivity contribution in [3.63, 3.8) is 0 Å². The lowest BCUT2D eigenvalue weighted by Gasteiger charge is -2.32. The van der Waals surface area contributed by atoms with Gasteiger partial charge in [-0.15, -0.1) is 0 Å². The van der Waals surface area contributed by atoms with E-state index < -0.39 is 0 Å². The SMILES string of the molecule is O=CNCCN1CCC(Oc2ccc(N3CCC(=O)NC3=O)cc2)CC1. The van der Waals surface area contributed by atoms with Crippen molar-refractivity contribution in [2.24, 2.45) is 0 Å². The zero-order valence-electron chi connectivity index (χ0n) is 14.6. The molecule has 2 saturated heterocycles. The fraction of sp³-hybridized carbons (Fsp3) is 0.500. The molecule has 8 nitrogen and oxygen atoms in total. The van der Waals surface area contributed by atoms with Crippen molar-refractivity contribution in [1.82, 2.24) is 15.5 Å². The highest BCUT2D eigenvalue weighted by molar-refractivity contribution is 6.05. The van der Waals surface area contributed by atoms with Crippen LogP contribution in [0.1, 0.15) is 19.3 Å². The molecule has 0 radical (unpaired) electrons. The van der Waals surface area contributed by atoms with Crippen LogP contribution in [0.5, 0.6) is 5.75 Å². The highest BCUT2D eigenvalue weighted by atomic mass is 16.5. The summed E-state index contributed by atoms with van der Waals surface area (Å²) in [5, 5.41) is 5.00. The maximum atomic E-state index is 11.9. The maximum Gasteiger partial charge on any atom is 0.328 e. The van der Waals surface area contributed by atoms with Gasteiger partial charge < -0.3 is 15.0 Å². The maximum absolute atomic E-state index is 11.9. The number of ether oxygens (including phenoxy) is 1. The van der Waals surface area contributed by atoms with Gasteiger partial charge in [0.05, 0.1) is 0 Å². The van der Waals surface area contributed by atoms with Crippen LogP contribution in [0.2, 0.25) is 0 Å². The zero-order valence-corrected chi connectivity index (χ0v) is 14.6. The lowest BCUT2D eigenvalue weighted by Crippen LogP contribution is -2.49. The minimum Gasteiger partial charge on any atom is -0.490 e. The van der Waals surface area contributed by atoms with E-state index in [0.717, 1.165) is 50.3 Å². The minimum atomic E-state index is -0.383. The van der Waals surface area contributed by atoms with E-state index in [1.807, 2.05) is 24.3 Å². The molecule has 0 aromatic heterocycles. The van der Waals surface area contributed by atoms with Gasteiger partial charge in [0.15, 0.2) is 0 Å². The molecule has 1 aromatic carbocycles. The molecule has 2 aliphatic heterocycles. The third-order valence-corrected chi connectivity index (χ3v) is 4.70. The van der Waals surface area contributed by atoms with Crippen molar-refractivity contribution in [1.29, 1.82) is 0 Å². The van der Waals surface area contributed by atoms with Crippen molar-refractivity contribution in [3.8, 4) is 5.75 Å². The molecule has 26 heavy (non-hydrogen) atoms.